The number of benzene rings is 1. The minimum absolute atomic E-state index is 0.0138. The summed E-state index contributed by atoms with van der Waals surface area (Å²) in [5.74, 6) is -1.94. The first-order valence-corrected chi connectivity index (χ1v) is 12.6. The van der Waals surface area contributed by atoms with Crippen molar-refractivity contribution in [3.63, 3.8) is 0 Å². The van der Waals surface area contributed by atoms with Crippen molar-refractivity contribution >= 4 is 23.3 Å². The maximum Gasteiger partial charge on any atom is 0.290 e. The van der Waals surface area contributed by atoms with Gasteiger partial charge in [0.1, 0.15) is 18.8 Å². The number of amides is 2. The lowest BCUT2D eigenvalue weighted by Gasteiger charge is -2.36. The molecule has 0 bridgehead atoms. The molecule has 3 aliphatic heterocycles. The first-order valence-electron chi connectivity index (χ1n) is 12.6. The molecule has 1 aromatic carbocycles. The lowest BCUT2D eigenvalue weighted by molar-refractivity contribution is -0.908. The van der Waals surface area contributed by atoms with E-state index in [9.17, 15) is 19.5 Å². The average molecular weight is 495 g/mol. The number of rotatable bonds is 8. The molecule has 2 amide bonds. The van der Waals surface area contributed by atoms with Crippen molar-refractivity contribution in [1.82, 2.24) is 4.90 Å². The minimum Gasteiger partial charge on any atom is -0.503 e. The van der Waals surface area contributed by atoms with Crippen LogP contribution in [0.25, 0.3) is 0 Å². The fraction of sp³-hybridized carbons (Fsp3) is 0.444. The van der Waals surface area contributed by atoms with Gasteiger partial charge in [-0.15, -0.1) is 0 Å². The van der Waals surface area contributed by atoms with E-state index < -0.39 is 28.9 Å². The minimum atomic E-state index is -1.73. The number of hydrogen-bond acceptors (Lipinski definition) is 6. The van der Waals surface area contributed by atoms with Crippen molar-refractivity contribution in [3.05, 3.63) is 64.8 Å². The van der Waals surface area contributed by atoms with Crippen molar-refractivity contribution in [2.24, 2.45) is 0 Å². The fourth-order valence-corrected chi connectivity index (χ4v) is 5.69. The van der Waals surface area contributed by atoms with Crippen LogP contribution in [-0.4, -0.2) is 73.5 Å². The van der Waals surface area contributed by atoms with Crippen LogP contribution in [0.15, 0.2) is 52.1 Å². The normalized spacial score (nSPS) is 22.3. The van der Waals surface area contributed by atoms with Crippen LogP contribution in [0.1, 0.15) is 41.6 Å². The first kappa shape index (κ1) is 24.3. The SMILES string of the molecule is CCCN1C(=O)[C@@]2(C(C(=O)c3ccc(C)o3)=C(O)C(=O)N2CCC[NH+]2CCOCC2)c2ccccc21. The van der Waals surface area contributed by atoms with Gasteiger partial charge in [-0.2, -0.15) is 0 Å². The number of ether oxygens (including phenoxy) is 1. The number of fused-ring (bicyclic) bond motifs is 2. The van der Waals surface area contributed by atoms with E-state index in [-0.39, 0.29) is 17.9 Å². The molecule has 36 heavy (non-hydrogen) atoms. The van der Waals surface area contributed by atoms with Crippen LogP contribution < -0.4 is 9.80 Å². The summed E-state index contributed by atoms with van der Waals surface area (Å²) >= 11 is 0. The molecule has 0 unspecified atom stereocenters. The van der Waals surface area contributed by atoms with E-state index in [1.807, 2.05) is 19.1 Å². The summed E-state index contributed by atoms with van der Waals surface area (Å²) in [6, 6.07) is 10.4. The highest BCUT2D eigenvalue weighted by Gasteiger charge is 2.65. The Hall–Kier alpha value is -3.43. The zero-order valence-electron chi connectivity index (χ0n) is 20.7. The monoisotopic (exact) mass is 494 g/mol. The predicted molar refractivity (Wildman–Crippen MR) is 131 cm³/mol. The molecule has 0 aliphatic carbocycles. The largest absolute Gasteiger partial charge is 0.503 e. The van der Waals surface area contributed by atoms with Crippen molar-refractivity contribution < 1.29 is 33.5 Å². The number of aryl methyl sites for hydroxylation is 1. The summed E-state index contributed by atoms with van der Waals surface area (Å²) in [6.45, 7) is 8.29. The molecule has 0 radical (unpaired) electrons. The first-order chi connectivity index (χ1) is 17.4. The van der Waals surface area contributed by atoms with E-state index in [4.69, 9.17) is 9.15 Å². The number of carbonyl (C=O) groups is 3. The molecule has 3 aliphatic rings. The van der Waals surface area contributed by atoms with Gasteiger partial charge in [0, 0.05) is 25.1 Å². The van der Waals surface area contributed by atoms with E-state index in [0.29, 0.717) is 49.6 Å². The Morgan fingerprint density at radius 1 is 1.11 bits per heavy atom. The third kappa shape index (κ3) is 3.65. The molecule has 2 aromatic rings. The Morgan fingerprint density at radius 2 is 1.86 bits per heavy atom. The molecule has 1 spiro atoms. The van der Waals surface area contributed by atoms with Gasteiger partial charge in [0.15, 0.2) is 17.1 Å². The van der Waals surface area contributed by atoms with Gasteiger partial charge in [0.25, 0.3) is 11.8 Å². The van der Waals surface area contributed by atoms with Gasteiger partial charge in [0.05, 0.1) is 31.0 Å². The summed E-state index contributed by atoms with van der Waals surface area (Å²) < 4.78 is 11.0. The number of quaternary nitrogens is 1. The van der Waals surface area contributed by atoms with Crippen LogP contribution in [0.5, 0.6) is 0 Å². The van der Waals surface area contributed by atoms with E-state index in [1.54, 1.807) is 30.0 Å². The summed E-state index contributed by atoms with van der Waals surface area (Å²) in [5, 5.41) is 11.1. The van der Waals surface area contributed by atoms with Gasteiger partial charge >= 0.3 is 0 Å². The van der Waals surface area contributed by atoms with Gasteiger partial charge in [-0.05, 0) is 31.5 Å². The predicted octanol–water partition coefficient (Wildman–Crippen LogP) is 1.38. The number of morpholine rings is 1. The van der Waals surface area contributed by atoms with Crippen molar-refractivity contribution in [1.29, 1.82) is 0 Å². The van der Waals surface area contributed by atoms with Crippen molar-refractivity contribution in [2.45, 2.75) is 32.2 Å². The Kier molecular flexibility index (Phi) is 6.44. The van der Waals surface area contributed by atoms with Gasteiger partial charge in [-0.25, -0.2) is 0 Å². The third-order valence-corrected chi connectivity index (χ3v) is 7.34. The summed E-state index contributed by atoms with van der Waals surface area (Å²) in [7, 11) is 0. The van der Waals surface area contributed by atoms with Crippen LogP contribution in [0.2, 0.25) is 0 Å². The molecular weight excluding hydrogens is 462 g/mol. The lowest BCUT2D eigenvalue weighted by atomic mass is 9.81. The van der Waals surface area contributed by atoms with E-state index in [0.717, 1.165) is 19.6 Å². The molecule has 1 atom stereocenters. The number of aliphatic hydroxyl groups excluding tert-OH is 1. The number of nitrogens with one attached hydrogen (secondary N) is 1. The number of furan rings is 1. The summed E-state index contributed by atoms with van der Waals surface area (Å²) in [4.78, 5) is 46.0. The van der Waals surface area contributed by atoms with Crippen LogP contribution in [0.4, 0.5) is 5.69 Å². The van der Waals surface area contributed by atoms with Gasteiger partial charge < -0.3 is 29.0 Å². The van der Waals surface area contributed by atoms with Crippen molar-refractivity contribution in [2.75, 3.05) is 50.8 Å². The quantitative estimate of drug-likeness (QED) is 0.538. The summed E-state index contributed by atoms with van der Waals surface area (Å²) in [5.41, 5.74) is -0.773. The second kappa shape index (κ2) is 9.55. The molecule has 0 saturated carbocycles. The zero-order valence-corrected chi connectivity index (χ0v) is 20.7. The van der Waals surface area contributed by atoms with Crippen LogP contribution in [0.3, 0.4) is 0 Å². The average Bonchev–Trinajstić information content (AvgIpc) is 3.49. The third-order valence-electron chi connectivity index (χ3n) is 7.34. The van der Waals surface area contributed by atoms with E-state index in [1.165, 1.54) is 15.9 Å². The molecule has 190 valence electrons. The van der Waals surface area contributed by atoms with Crippen molar-refractivity contribution in [3.8, 4) is 0 Å². The molecular formula is C27H32N3O6+. The summed E-state index contributed by atoms with van der Waals surface area (Å²) in [6.07, 6.45) is 1.31. The molecule has 1 saturated heterocycles. The van der Waals surface area contributed by atoms with Gasteiger partial charge in [0.2, 0.25) is 5.78 Å². The zero-order chi connectivity index (χ0) is 25.4. The Bertz CT molecular complexity index is 1230. The number of nitrogens with zero attached hydrogens (tertiary/aromatic N) is 2. The number of anilines is 1. The molecule has 2 N–H and O–H groups in total. The highest BCUT2D eigenvalue weighted by atomic mass is 16.5. The molecule has 5 rings (SSSR count). The molecule has 9 nitrogen and oxygen atoms in total. The second-order valence-corrected chi connectivity index (χ2v) is 9.57. The van der Waals surface area contributed by atoms with E-state index >= 15 is 0 Å². The highest BCUT2D eigenvalue weighted by molar-refractivity contribution is 6.25. The standard InChI is InChI=1S/C27H31N3O6/c1-3-11-29-20-8-5-4-7-19(20)27(26(29)34)22(23(31)21-10-9-18(2)36-21)24(32)25(33)30(27)13-6-12-28-14-16-35-17-15-28/h4-5,7-10,32H,3,6,11-17H2,1-2H3/p+1/t27-/m0/s1. The number of carbonyl (C=O) groups excluding carboxylic acids is 3. The topological polar surface area (TPSA) is 105 Å². The number of aliphatic hydroxyl groups is 1. The lowest BCUT2D eigenvalue weighted by Crippen LogP contribution is -3.14. The Labute approximate surface area is 209 Å². The van der Waals surface area contributed by atoms with Gasteiger partial charge in [-0.3, -0.25) is 14.4 Å². The smallest absolute Gasteiger partial charge is 0.290 e. The van der Waals surface area contributed by atoms with Crippen LogP contribution in [0, 0.1) is 6.92 Å². The van der Waals surface area contributed by atoms with E-state index in [2.05, 4.69) is 0 Å². The number of para-hydroxylation sites is 1. The maximum absolute atomic E-state index is 14.3. The van der Waals surface area contributed by atoms with Gasteiger partial charge in [-0.1, -0.05) is 25.1 Å². The highest BCUT2D eigenvalue weighted by Crippen LogP contribution is 2.53. The number of Topliss-reactive ketones (excluding diaryl/α,β-unsaturated/α-hetero) is 1. The molecule has 1 aromatic heterocycles. The van der Waals surface area contributed by atoms with Crippen LogP contribution >= 0.6 is 0 Å². The number of ketones is 1. The second-order valence-electron chi connectivity index (χ2n) is 9.57. The van der Waals surface area contributed by atoms with Crippen LogP contribution in [-0.2, 0) is 19.9 Å². The fourth-order valence-electron chi connectivity index (χ4n) is 5.69. The molecule has 9 heteroatoms. The molecule has 4 heterocycles. The molecule has 1 fully saturated rings. The Balaban J connectivity index is 1.60. The maximum atomic E-state index is 14.3. The Morgan fingerprint density at radius 3 is 2.56 bits per heavy atom. The number of hydrogen-bond donors (Lipinski definition) is 2.